The number of aryl methyl sites for hydroxylation is 1. The molecule has 0 bridgehead atoms. The lowest BCUT2D eigenvalue weighted by Gasteiger charge is -2.21. The number of benzene rings is 1. The van der Waals surface area contributed by atoms with Crippen molar-refractivity contribution in [3.05, 3.63) is 23.8 Å². The molecule has 0 spiro atoms. The second kappa shape index (κ2) is 5.47. The van der Waals surface area contributed by atoms with Gasteiger partial charge in [-0.2, -0.15) is 0 Å². The van der Waals surface area contributed by atoms with Gasteiger partial charge >= 0.3 is 0 Å². The molecule has 2 atom stereocenters. The SMILES string of the molecule is Cc1ccc(N)cc1NC(=O)C1CC1C1CCCCC1. The van der Waals surface area contributed by atoms with E-state index in [1.165, 1.54) is 32.1 Å². The van der Waals surface area contributed by atoms with E-state index in [2.05, 4.69) is 5.32 Å². The Morgan fingerprint density at radius 1 is 1.25 bits per heavy atom. The van der Waals surface area contributed by atoms with Crippen LogP contribution in [-0.4, -0.2) is 5.91 Å². The Morgan fingerprint density at radius 3 is 2.75 bits per heavy atom. The van der Waals surface area contributed by atoms with Crippen molar-refractivity contribution in [3.8, 4) is 0 Å². The summed E-state index contributed by atoms with van der Waals surface area (Å²) in [5.41, 5.74) is 8.42. The van der Waals surface area contributed by atoms with E-state index in [1.807, 2.05) is 25.1 Å². The van der Waals surface area contributed by atoms with Gasteiger partial charge in [0, 0.05) is 17.3 Å². The van der Waals surface area contributed by atoms with E-state index in [-0.39, 0.29) is 11.8 Å². The van der Waals surface area contributed by atoms with E-state index in [1.54, 1.807) is 0 Å². The number of nitrogens with two attached hydrogens (primary N) is 1. The first kappa shape index (κ1) is 13.5. The van der Waals surface area contributed by atoms with Crippen LogP contribution in [0.15, 0.2) is 18.2 Å². The van der Waals surface area contributed by atoms with Crippen molar-refractivity contribution in [2.75, 3.05) is 11.1 Å². The maximum Gasteiger partial charge on any atom is 0.227 e. The van der Waals surface area contributed by atoms with Gasteiger partial charge in [-0.05, 0) is 42.9 Å². The quantitative estimate of drug-likeness (QED) is 0.824. The number of anilines is 2. The third-order valence-electron chi connectivity index (χ3n) is 4.95. The van der Waals surface area contributed by atoms with Crippen molar-refractivity contribution in [3.63, 3.8) is 0 Å². The average molecular weight is 272 g/mol. The molecule has 3 rings (SSSR count). The predicted octanol–water partition coefficient (Wildman–Crippen LogP) is 3.73. The van der Waals surface area contributed by atoms with Crippen LogP contribution in [-0.2, 0) is 4.79 Å². The zero-order valence-electron chi connectivity index (χ0n) is 12.2. The second-order valence-electron chi connectivity index (χ2n) is 6.47. The number of hydrogen-bond donors (Lipinski definition) is 2. The average Bonchev–Trinajstić information content (AvgIpc) is 3.24. The number of carbonyl (C=O) groups excluding carboxylic acids is 1. The number of rotatable bonds is 3. The van der Waals surface area contributed by atoms with Crippen LogP contribution in [0, 0.1) is 24.7 Å². The normalized spacial score (nSPS) is 26.2. The third-order valence-corrected chi connectivity index (χ3v) is 4.95. The molecule has 2 aliphatic rings. The largest absolute Gasteiger partial charge is 0.399 e. The highest BCUT2D eigenvalue weighted by molar-refractivity contribution is 5.95. The fraction of sp³-hybridized carbons (Fsp3) is 0.588. The Hall–Kier alpha value is -1.51. The van der Waals surface area contributed by atoms with E-state index < -0.39 is 0 Å². The smallest absolute Gasteiger partial charge is 0.227 e. The molecule has 3 heteroatoms. The zero-order chi connectivity index (χ0) is 14.1. The molecule has 0 aliphatic heterocycles. The Morgan fingerprint density at radius 2 is 2.00 bits per heavy atom. The molecule has 3 nitrogen and oxygen atoms in total. The van der Waals surface area contributed by atoms with Crippen molar-refractivity contribution in [1.82, 2.24) is 0 Å². The molecule has 2 saturated carbocycles. The lowest BCUT2D eigenvalue weighted by Crippen LogP contribution is -2.18. The Kier molecular flexibility index (Phi) is 3.68. The van der Waals surface area contributed by atoms with E-state index in [9.17, 15) is 4.79 Å². The fourth-order valence-electron chi connectivity index (χ4n) is 3.60. The first-order valence-electron chi connectivity index (χ1n) is 7.82. The molecule has 2 fully saturated rings. The van der Waals surface area contributed by atoms with E-state index in [0.717, 1.165) is 23.6 Å². The number of carbonyl (C=O) groups is 1. The highest BCUT2D eigenvalue weighted by Crippen LogP contribution is 2.49. The lowest BCUT2D eigenvalue weighted by atomic mass is 9.85. The highest BCUT2D eigenvalue weighted by Gasteiger charge is 2.47. The van der Waals surface area contributed by atoms with Crippen molar-refractivity contribution in [1.29, 1.82) is 0 Å². The molecule has 0 aromatic heterocycles. The van der Waals surface area contributed by atoms with Crippen LogP contribution in [0.25, 0.3) is 0 Å². The molecule has 2 aliphatic carbocycles. The minimum absolute atomic E-state index is 0.189. The van der Waals surface area contributed by atoms with Gasteiger partial charge in [0.25, 0.3) is 0 Å². The van der Waals surface area contributed by atoms with Crippen LogP contribution >= 0.6 is 0 Å². The maximum absolute atomic E-state index is 12.3. The minimum atomic E-state index is 0.189. The van der Waals surface area contributed by atoms with Crippen molar-refractivity contribution >= 4 is 17.3 Å². The van der Waals surface area contributed by atoms with E-state index >= 15 is 0 Å². The summed E-state index contributed by atoms with van der Waals surface area (Å²) >= 11 is 0. The van der Waals surface area contributed by atoms with Gasteiger partial charge in [-0.1, -0.05) is 38.2 Å². The second-order valence-corrected chi connectivity index (χ2v) is 6.47. The summed E-state index contributed by atoms with van der Waals surface area (Å²) in [5, 5.41) is 3.06. The summed E-state index contributed by atoms with van der Waals surface area (Å²) in [4.78, 5) is 12.3. The number of amides is 1. The van der Waals surface area contributed by atoms with Gasteiger partial charge in [0.05, 0.1) is 0 Å². The Bertz CT molecular complexity index is 506. The summed E-state index contributed by atoms with van der Waals surface area (Å²) in [6, 6.07) is 5.68. The van der Waals surface area contributed by atoms with Gasteiger partial charge < -0.3 is 11.1 Å². The molecule has 3 N–H and O–H groups in total. The third kappa shape index (κ3) is 2.82. The molecule has 1 amide bonds. The summed E-state index contributed by atoms with van der Waals surface area (Å²) < 4.78 is 0. The van der Waals surface area contributed by atoms with E-state index in [4.69, 9.17) is 5.73 Å². The number of nitrogen functional groups attached to an aromatic ring is 1. The van der Waals surface area contributed by atoms with Gasteiger partial charge in [0.15, 0.2) is 0 Å². The standard InChI is InChI=1S/C17H24N2O/c1-11-7-8-13(18)9-16(11)19-17(20)15-10-14(15)12-5-3-2-4-6-12/h7-9,12,14-15H,2-6,10,18H2,1H3,(H,19,20). The molecular weight excluding hydrogens is 248 g/mol. The monoisotopic (exact) mass is 272 g/mol. The molecule has 108 valence electrons. The van der Waals surface area contributed by atoms with Gasteiger partial charge in [0.1, 0.15) is 0 Å². The highest BCUT2D eigenvalue weighted by atomic mass is 16.2. The molecule has 0 saturated heterocycles. The number of hydrogen-bond acceptors (Lipinski definition) is 2. The van der Waals surface area contributed by atoms with Gasteiger partial charge in [-0.25, -0.2) is 0 Å². The van der Waals surface area contributed by atoms with Gasteiger partial charge in [0.2, 0.25) is 5.91 Å². The van der Waals surface area contributed by atoms with Gasteiger partial charge in [-0.3, -0.25) is 4.79 Å². The molecule has 2 unspecified atom stereocenters. The van der Waals surface area contributed by atoms with Crippen molar-refractivity contribution < 1.29 is 4.79 Å². The van der Waals surface area contributed by atoms with Crippen LogP contribution in [0.3, 0.4) is 0 Å². The molecular formula is C17H24N2O. The zero-order valence-corrected chi connectivity index (χ0v) is 12.2. The fourth-order valence-corrected chi connectivity index (χ4v) is 3.60. The van der Waals surface area contributed by atoms with Crippen LogP contribution < -0.4 is 11.1 Å². The van der Waals surface area contributed by atoms with E-state index in [0.29, 0.717) is 11.6 Å². The molecule has 20 heavy (non-hydrogen) atoms. The van der Waals surface area contributed by atoms with Crippen LogP contribution in [0.2, 0.25) is 0 Å². The Balaban J connectivity index is 1.59. The summed E-state index contributed by atoms with van der Waals surface area (Å²) in [6.07, 6.45) is 7.81. The predicted molar refractivity (Wildman–Crippen MR) is 82.4 cm³/mol. The van der Waals surface area contributed by atoms with Crippen LogP contribution in [0.5, 0.6) is 0 Å². The molecule has 1 aromatic rings. The Labute approximate surface area is 120 Å². The molecule has 0 radical (unpaired) electrons. The van der Waals surface area contributed by atoms with Crippen molar-refractivity contribution in [2.45, 2.75) is 45.4 Å². The minimum Gasteiger partial charge on any atom is -0.399 e. The van der Waals surface area contributed by atoms with Crippen molar-refractivity contribution in [2.24, 2.45) is 17.8 Å². The van der Waals surface area contributed by atoms with Gasteiger partial charge in [-0.15, -0.1) is 0 Å². The summed E-state index contributed by atoms with van der Waals surface area (Å²) in [7, 11) is 0. The maximum atomic E-state index is 12.3. The first-order chi connectivity index (χ1) is 9.65. The van der Waals surface area contributed by atoms with Crippen LogP contribution in [0.1, 0.15) is 44.1 Å². The lowest BCUT2D eigenvalue weighted by molar-refractivity contribution is -0.117. The first-order valence-corrected chi connectivity index (χ1v) is 7.82. The summed E-state index contributed by atoms with van der Waals surface area (Å²) in [5.74, 6) is 1.85. The van der Waals surface area contributed by atoms with Crippen LogP contribution in [0.4, 0.5) is 11.4 Å². The number of nitrogens with one attached hydrogen (secondary N) is 1. The topological polar surface area (TPSA) is 55.1 Å². The molecule has 0 heterocycles. The molecule has 1 aromatic carbocycles. The summed E-state index contributed by atoms with van der Waals surface area (Å²) in [6.45, 7) is 2.00.